The van der Waals surface area contributed by atoms with Crippen LogP contribution in [0.15, 0.2) is 26.0 Å². The second-order valence-corrected chi connectivity index (χ2v) is 10.1. The van der Waals surface area contributed by atoms with E-state index in [4.69, 9.17) is 0 Å². The molecule has 2 unspecified atom stereocenters. The minimum Gasteiger partial charge on any atom is -0.303 e. The summed E-state index contributed by atoms with van der Waals surface area (Å²) in [5, 5.41) is 0. The number of hydrogen-bond acceptors (Lipinski definition) is 3. The van der Waals surface area contributed by atoms with Crippen LogP contribution in [0.1, 0.15) is 26.7 Å². The van der Waals surface area contributed by atoms with Crippen LogP contribution in [0.4, 0.5) is 4.39 Å². The van der Waals surface area contributed by atoms with Crippen LogP contribution in [-0.4, -0.2) is 39.5 Å². The number of rotatable bonds is 6. The molecule has 0 spiro atoms. The summed E-state index contributed by atoms with van der Waals surface area (Å²) < 4.78 is 41.2. The maximum absolute atomic E-state index is 13.3. The van der Waals surface area contributed by atoms with Crippen molar-refractivity contribution in [3.05, 3.63) is 26.9 Å². The zero-order valence-electron chi connectivity index (χ0n) is 13.9. The van der Waals surface area contributed by atoms with E-state index in [-0.39, 0.29) is 13.8 Å². The van der Waals surface area contributed by atoms with Crippen LogP contribution in [0.5, 0.6) is 0 Å². The zero-order chi connectivity index (χ0) is 17.9. The van der Waals surface area contributed by atoms with Crippen LogP contribution < -0.4 is 4.72 Å². The van der Waals surface area contributed by atoms with Gasteiger partial charge in [0.1, 0.15) is 10.7 Å². The molecule has 136 valence electrons. The van der Waals surface area contributed by atoms with Crippen LogP contribution in [0, 0.1) is 17.7 Å². The Kier molecular flexibility index (Phi) is 7.25. The molecular weight excluding hydrogens is 463 g/mol. The lowest BCUT2D eigenvalue weighted by Crippen LogP contribution is -2.40. The van der Waals surface area contributed by atoms with Crippen LogP contribution >= 0.6 is 31.9 Å². The first kappa shape index (κ1) is 20.3. The number of nitrogens with zero attached hydrogens (tertiary/aromatic N) is 1. The third-order valence-corrected chi connectivity index (χ3v) is 7.46. The quantitative estimate of drug-likeness (QED) is 0.619. The van der Waals surface area contributed by atoms with Crippen molar-refractivity contribution in [3.63, 3.8) is 0 Å². The highest BCUT2D eigenvalue weighted by Gasteiger charge is 2.23. The largest absolute Gasteiger partial charge is 0.303 e. The van der Waals surface area contributed by atoms with Crippen molar-refractivity contribution in [3.8, 4) is 0 Å². The first-order valence-corrected chi connectivity index (χ1v) is 11.1. The fraction of sp³-hybridized carbons (Fsp3) is 0.625. The topological polar surface area (TPSA) is 49.4 Å². The second kappa shape index (κ2) is 8.58. The van der Waals surface area contributed by atoms with Crippen molar-refractivity contribution in [2.24, 2.45) is 11.8 Å². The third kappa shape index (κ3) is 5.49. The maximum Gasteiger partial charge on any atom is 0.242 e. The van der Waals surface area contributed by atoms with E-state index in [0.29, 0.717) is 18.4 Å². The molecule has 2 atom stereocenters. The number of piperidine rings is 1. The molecule has 1 N–H and O–H groups in total. The highest BCUT2D eigenvalue weighted by atomic mass is 79.9. The SMILES string of the molecule is CC1CC(C)CN(CCCNS(=O)(=O)c2c(Br)cc(F)cc2Br)C1. The van der Waals surface area contributed by atoms with Crippen LogP contribution in [0.2, 0.25) is 0 Å². The van der Waals surface area contributed by atoms with E-state index in [9.17, 15) is 12.8 Å². The first-order valence-electron chi connectivity index (χ1n) is 8.05. The number of nitrogens with one attached hydrogen (secondary N) is 1. The van der Waals surface area contributed by atoms with E-state index in [2.05, 4.69) is 55.3 Å². The fourth-order valence-electron chi connectivity index (χ4n) is 3.34. The second-order valence-electron chi connectivity index (χ2n) is 6.66. The van der Waals surface area contributed by atoms with Gasteiger partial charge < -0.3 is 4.90 Å². The third-order valence-electron chi connectivity index (χ3n) is 4.12. The summed E-state index contributed by atoms with van der Waals surface area (Å²) in [4.78, 5) is 2.43. The average molecular weight is 486 g/mol. The predicted octanol–water partition coefficient (Wildman–Crippen LogP) is 4.00. The molecule has 1 aromatic carbocycles. The molecule has 4 nitrogen and oxygen atoms in total. The summed E-state index contributed by atoms with van der Waals surface area (Å²) in [6, 6.07) is 2.30. The Bertz CT molecular complexity index is 652. The molecule has 1 heterocycles. The van der Waals surface area contributed by atoms with Gasteiger partial charge in [0.2, 0.25) is 10.0 Å². The van der Waals surface area contributed by atoms with Gasteiger partial charge in [0.15, 0.2) is 0 Å². The molecule has 2 rings (SSSR count). The van der Waals surface area contributed by atoms with Crippen molar-refractivity contribution in [1.82, 2.24) is 9.62 Å². The summed E-state index contributed by atoms with van der Waals surface area (Å²) in [5.74, 6) is 0.883. The van der Waals surface area contributed by atoms with Gasteiger partial charge in [-0.3, -0.25) is 0 Å². The van der Waals surface area contributed by atoms with Crippen molar-refractivity contribution < 1.29 is 12.8 Å². The lowest BCUT2D eigenvalue weighted by molar-refractivity contribution is 0.140. The maximum atomic E-state index is 13.3. The van der Waals surface area contributed by atoms with Gasteiger partial charge in [0, 0.05) is 28.6 Å². The molecule has 0 aliphatic carbocycles. The van der Waals surface area contributed by atoms with E-state index in [0.717, 1.165) is 38.2 Å². The van der Waals surface area contributed by atoms with Crippen molar-refractivity contribution in [2.45, 2.75) is 31.6 Å². The van der Waals surface area contributed by atoms with Crippen LogP contribution in [0.25, 0.3) is 0 Å². The average Bonchev–Trinajstić information content (AvgIpc) is 2.41. The Labute approximate surface area is 160 Å². The first-order chi connectivity index (χ1) is 11.2. The molecular formula is C16H23Br2FN2O2S. The fourth-order valence-corrected chi connectivity index (χ4v) is 6.94. The lowest BCUT2D eigenvalue weighted by atomic mass is 9.92. The highest BCUT2D eigenvalue weighted by molar-refractivity contribution is 9.11. The molecule has 0 saturated carbocycles. The molecule has 0 radical (unpaired) electrons. The van der Waals surface area contributed by atoms with E-state index in [1.54, 1.807) is 0 Å². The monoisotopic (exact) mass is 484 g/mol. The van der Waals surface area contributed by atoms with Crippen LogP contribution in [-0.2, 0) is 10.0 Å². The Morgan fingerprint density at radius 3 is 2.29 bits per heavy atom. The van der Waals surface area contributed by atoms with E-state index in [1.165, 1.54) is 6.42 Å². The van der Waals surface area contributed by atoms with Gasteiger partial charge in [-0.05, 0) is 75.2 Å². The Hall–Kier alpha value is -0.0200. The van der Waals surface area contributed by atoms with Gasteiger partial charge in [-0.25, -0.2) is 17.5 Å². The molecule has 0 amide bonds. The predicted molar refractivity (Wildman–Crippen MR) is 101 cm³/mol. The summed E-state index contributed by atoms with van der Waals surface area (Å²) in [5.41, 5.74) is 0. The summed E-state index contributed by atoms with van der Waals surface area (Å²) >= 11 is 6.24. The summed E-state index contributed by atoms with van der Waals surface area (Å²) in [6.45, 7) is 7.91. The molecule has 1 saturated heterocycles. The zero-order valence-corrected chi connectivity index (χ0v) is 17.8. The van der Waals surface area contributed by atoms with Gasteiger partial charge in [0.25, 0.3) is 0 Å². The molecule has 1 aromatic rings. The standard InChI is InChI=1S/C16H23Br2FN2O2S/c1-11-6-12(2)10-21(9-11)5-3-4-20-24(22,23)16-14(17)7-13(19)8-15(16)18/h7-8,11-12,20H,3-6,9-10H2,1-2H3. The Morgan fingerprint density at radius 1 is 1.21 bits per heavy atom. The van der Waals surface area contributed by atoms with Crippen LogP contribution in [0.3, 0.4) is 0 Å². The van der Waals surface area contributed by atoms with Crippen molar-refractivity contribution in [1.29, 1.82) is 0 Å². The number of likely N-dealkylation sites (tertiary alicyclic amines) is 1. The van der Waals surface area contributed by atoms with Gasteiger partial charge in [-0.2, -0.15) is 0 Å². The lowest BCUT2D eigenvalue weighted by Gasteiger charge is -2.34. The number of benzene rings is 1. The number of sulfonamides is 1. The van der Waals surface area contributed by atoms with Crippen molar-refractivity contribution in [2.75, 3.05) is 26.2 Å². The Morgan fingerprint density at radius 2 is 1.75 bits per heavy atom. The molecule has 1 aliphatic heterocycles. The molecule has 24 heavy (non-hydrogen) atoms. The minimum absolute atomic E-state index is 0.0316. The van der Waals surface area contributed by atoms with E-state index in [1.807, 2.05) is 0 Å². The smallest absolute Gasteiger partial charge is 0.242 e. The van der Waals surface area contributed by atoms with Gasteiger partial charge in [-0.1, -0.05) is 13.8 Å². The molecule has 0 aromatic heterocycles. The number of hydrogen-bond donors (Lipinski definition) is 1. The van der Waals surface area contributed by atoms with Crippen molar-refractivity contribution >= 4 is 41.9 Å². The minimum atomic E-state index is -3.69. The normalized spacial score (nSPS) is 22.7. The van der Waals surface area contributed by atoms with Gasteiger partial charge >= 0.3 is 0 Å². The molecule has 8 heteroatoms. The van der Waals surface area contributed by atoms with E-state index < -0.39 is 15.8 Å². The summed E-state index contributed by atoms with van der Waals surface area (Å²) in [7, 11) is -3.69. The highest BCUT2D eigenvalue weighted by Crippen LogP contribution is 2.30. The van der Waals surface area contributed by atoms with E-state index >= 15 is 0 Å². The van der Waals surface area contributed by atoms with Gasteiger partial charge in [-0.15, -0.1) is 0 Å². The molecule has 0 bridgehead atoms. The summed E-state index contributed by atoms with van der Waals surface area (Å²) in [6.07, 6.45) is 2.00. The Balaban J connectivity index is 1.90. The molecule has 1 aliphatic rings. The molecule has 1 fully saturated rings. The van der Waals surface area contributed by atoms with Gasteiger partial charge in [0.05, 0.1) is 0 Å². The number of halogens is 3.